The van der Waals surface area contributed by atoms with Crippen LogP contribution < -0.4 is 5.32 Å². The number of rotatable bonds is 5. The Morgan fingerprint density at radius 2 is 1.90 bits per heavy atom. The lowest BCUT2D eigenvalue weighted by Gasteiger charge is -1.96. The van der Waals surface area contributed by atoms with Gasteiger partial charge in [0.15, 0.2) is 0 Å². The van der Waals surface area contributed by atoms with E-state index >= 15 is 0 Å². The first-order chi connectivity index (χ1) is 4.91. The molecule has 1 nitrogen and oxygen atoms in total. The summed E-state index contributed by atoms with van der Waals surface area (Å²) in [5.74, 6) is 5.10. The van der Waals surface area contributed by atoms with Crippen molar-refractivity contribution in [2.24, 2.45) is 0 Å². The highest BCUT2D eigenvalue weighted by Crippen LogP contribution is 1.90. The zero-order valence-electron chi connectivity index (χ0n) is 6.19. The van der Waals surface area contributed by atoms with Gasteiger partial charge in [-0.05, 0) is 19.4 Å². The van der Waals surface area contributed by atoms with E-state index in [0.29, 0.717) is 6.54 Å². The topological polar surface area (TPSA) is 12.0 Å². The highest BCUT2D eigenvalue weighted by Gasteiger charge is 1.83. The van der Waals surface area contributed by atoms with Crippen molar-refractivity contribution >= 4 is 0 Å². The van der Waals surface area contributed by atoms with Crippen LogP contribution in [0.5, 0.6) is 0 Å². The summed E-state index contributed by atoms with van der Waals surface area (Å²) in [5.41, 5.74) is 0. The van der Waals surface area contributed by atoms with Crippen LogP contribution in [0.2, 0.25) is 0 Å². The number of hydrogen-bond donors (Lipinski definition) is 1. The average molecular weight is 135 g/mol. The molecule has 0 atom stereocenters. The van der Waals surface area contributed by atoms with Gasteiger partial charge in [-0.15, -0.1) is 18.8 Å². The standard InChI is InChI=1S/C9H13N/c1-3-5-6-7-9-10-8-4-2/h1-2,10H,5-9H2. The molecule has 0 saturated heterocycles. The van der Waals surface area contributed by atoms with Crippen LogP contribution in [0.15, 0.2) is 0 Å². The molecule has 0 saturated carbocycles. The number of terminal acetylenes is 2. The molecule has 1 heteroatoms. The molecule has 0 aromatic carbocycles. The second-order valence-electron chi connectivity index (χ2n) is 2.04. The van der Waals surface area contributed by atoms with Crippen molar-refractivity contribution in [1.82, 2.24) is 5.32 Å². The van der Waals surface area contributed by atoms with Gasteiger partial charge in [0.05, 0.1) is 6.54 Å². The monoisotopic (exact) mass is 135 g/mol. The Kier molecular flexibility index (Phi) is 7.34. The van der Waals surface area contributed by atoms with E-state index in [-0.39, 0.29) is 0 Å². The van der Waals surface area contributed by atoms with Crippen molar-refractivity contribution < 1.29 is 0 Å². The van der Waals surface area contributed by atoms with Crippen molar-refractivity contribution in [3.8, 4) is 24.7 Å². The molecule has 0 aromatic heterocycles. The van der Waals surface area contributed by atoms with Gasteiger partial charge in [0.2, 0.25) is 0 Å². The fourth-order valence-corrected chi connectivity index (χ4v) is 0.638. The first-order valence-corrected chi connectivity index (χ1v) is 3.49. The maximum absolute atomic E-state index is 5.07. The number of hydrogen-bond acceptors (Lipinski definition) is 1. The minimum atomic E-state index is 0.663. The van der Waals surface area contributed by atoms with Crippen LogP contribution in [0.3, 0.4) is 0 Å². The molecule has 0 aromatic rings. The third-order valence-corrected chi connectivity index (χ3v) is 1.15. The van der Waals surface area contributed by atoms with Gasteiger partial charge in [0.1, 0.15) is 0 Å². The molecule has 0 fully saturated rings. The van der Waals surface area contributed by atoms with Gasteiger partial charge in [-0.2, -0.15) is 0 Å². The molecule has 0 unspecified atom stereocenters. The molecule has 0 rings (SSSR count). The quantitative estimate of drug-likeness (QED) is 0.438. The summed E-state index contributed by atoms with van der Waals surface area (Å²) in [6, 6.07) is 0. The molecule has 0 heterocycles. The van der Waals surface area contributed by atoms with Crippen molar-refractivity contribution in [2.45, 2.75) is 19.3 Å². The Morgan fingerprint density at radius 3 is 2.50 bits per heavy atom. The van der Waals surface area contributed by atoms with E-state index in [1.54, 1.807) is 0 Å². The minimum absolute atomic E-state index is 0.663. The molecule has 0 aliphatic carbocycles. The summed E-state index contributed by atoms with van der Waals surface area (Å²) in [6.07, 6.45) is 13.2. The van der Waals surface area contributed by atoms with Crippen LogP contribution in [0.25, 0.3) is 0 Å². The Labute approximate surface area is 63.2 Å². The van der Waals surface area contributed by atoms with E-state index in [2.05, 4.69) is 17.2 Å². The Balaban J connectivity index is 2.80. The van der Waals surface area contributed by atoms with Crippen LogP contribution in [0, 0.1) is 24.7 Å². The molecule has 0 aliphatic heterocycles. The molecular formula is C9H13N. The van der Waals surface area contributed by atoms with Crippen LogP contribution in [-0.4, -0.2) is 13.1 Å². The molecule has 10 heavy (non-hydrogen) atoms. The van der Waals surface area contributed by atoms with E-state index in [1.807, 2.05) is 0 Å². The summed E-state index contributed by atoms with van der Waals surface area (Å²) < 4.78 is 0. The smallest absolute Gasteiger partial charge is 0.0573 e. The van der Waals surface area contributed by atoms with E-state index in [4.69, 9.17) is 12.8 Å². The van der Waals surface area contributed by atoms with Crippen LogP contribution in [-0.2, 0) is 0 Å². The minimum Gasteiger partial charge on any atom is -0.306 e. The summed E-state index contributed by atoms with van der Waals surface area (Å²) in [4.78, 5) is 0. The summed E-state index contributed by atoms with van der Waals surface area (Å²) >= 11 is 0. The van der Waals surface area contributed by atoms with Crippen molar-refractivity contribution in [2.75, 3.05) is 13.1 Å². The normalized spacial score (nSPS) is 8.20. The van der Waals surface area contributed by atoms with Gasteiger partial charge in [0.25, 0.3) is 0 Å². The average Bonchev–Trinajstić information content (AvgIpc) is 1.97. The number of nitrogens with one attached hydrogen (secondary N) is 1. The Morgan fingerprint density at radius 1 is 1.10 bits per heavy atom. The molecule has 0 aliphatic rings. The molecule has 0 spiro atoms. The van der Waals surface area contributed by atoms with Gasteiger partial charge in [-0.25, -0.2) is 0 Å². The third-order valence-electron chi connectivity index (χ3n) is 1.15. The number of unbranched alkanes of at least 4 members (excludes halogenated alkanes) is 2. The highest BCUT2D eigenvalue weighted by molar-refractivity contribution is 4.86. The van der Waals surface area contributed by atoms with E-state index in [1.165, 1.54) is 0 Å². The van der Waals surface area contributed by atoms with Gasteiger partial charge in [-0.1, -0.05) is 5.92 Å². The maximum Gasteiger partial charge on any atom is 0.0573 e. The second-order valence-corrected chi connectivity index (χ2v) is 2.04. The van der Waals surface area contributed by atoms with Gasteiger partial charge in [-0.3, -0.25) is 0 Å². The fraction of sp³-hybridized carbons (Fsp3) is 0.556. The molecule has 1 N–H and O–H groups in total. The SMILES string of the molecule is C#CCCCCNCC#C. The highest BCUT2D eigenvalue weighted by atomic mass is 14.8. The van der Waals surface area contributed by atoms with Crippen LogP contribution in [0.1, 0.15) is 19.3 Å². The van der Waals surface area contributed by atoms with Crippen molar-refractivity contribution in [3.63, 3.8) is 0 Å². The molecular weight excluding hydrogens is 122 g/mol. The lowest BCUT2D eigenvalue weighted by atomic mass is 10.2. The van der Waals surface area contributed by atoms with Crippen LogP contribution >= 0.6 is 0 Å². The van der Waals surface area contributed by atoms with E-state index < -0.39 is 0 Å². The lowest BCUT2D eigenvalue weighted by Crippen LogP contribution is -2.14. The van der Waals surface area contributed by atoms with Crippen molar-refractivity contribution in [3.05, 3.63) is 0 Å². The lowest BCUT2D eigenvalue weighted by molar-refractivity contribution is 0.669. The first kappa shape index (κ1) is 9.08. The fourth-order valence-electron chi connectivity index (χ4n) is 0.638. The van der Waals surface area contributed by atoms with Crippen molar-refractivity contribution in [1.29, 1.82) is 0 Å². The maximum atomic E-state index is 5.07. The van der Waals surface area contributed by atoms with Gasteiger partial charge in [0, 0.05) is 6.42 Å². The van der Waals surface area contributed by atoms with Gasteiger partial charge < -0.3 is 5.32 Å². The Bertz CT molecular complexity index is 118. The van der Waals surface area contributed by atoms with E-state index in [0.717, 1.165) is 25.8 Å². The third kappa shape index (κ3) is 7.08. The predicted molar refractivity (Wildman–Crippen MR) is 44.4 cm³/mol. The zero-order chi connectivity index (χ0) is 7.66. The first-order valence-electron chi connectivity index (χ1n) is 3.49. The molecule has 0 radical (unpaired) electrons. The van der Waals surface area contributed by atoms with E-state index in [9.17, 15) is 0 Å². The Hall–Kier alpha value is -0.920. The van der Waals surface area contributed by atoms with Crippen LogP contribution in [0.4, 0.5) is 0 Å². The zero-order valence-corrected chi connectivity index (χ0v) is 6.19. The van der Waals surface area contributed by atoms with Gasteiger partial charge >= 0.3 is 0 Å². The predicted octanol–water partition coefficient (Wildman–Crippen LogP) is 1.01. The summed E-state index contributed by atoms with van der Waals surface area (Å²) in [7, 11) is 0. The molecule has 54 valence electrons. The molecule has 0 amide bonds. The molecule has 0 bridgehead atoms. The largest absolute Gasteiger partial charge is 0.306 e. The summed E-state index contributed by atoms with van der Waals surface area (Å²) in [6.45, 7) is 1.64. The second kappa shape index (κ2) is 8.08. The summed E-state index contributed by atoms with van der Waals surface area (Å²) in [5, 5.41) is 3.09.